The Morgan fingerprint density at radius 3 is 2.11 bits per heavy atom. The first-order chi connectivity index (χ1) is 8.34. The summed E-state index contributed by atoms with van der Waals surface area (Å²) in [7, 11) is 0. The van der Waals surface area contributed by atoms with Gasteiger partial charge in [0.1, 0.15) is 18.3 Å². The van der Waals surface area contributed by atoms with E-state index in [-0.39, 0.29) is 6.42 Å². The van der Waals surface area contributed by atoms with Gasteiger partial charge in [0.05, 0.1) is 6.61 Å². The standard InChI is InChI=1S/C10H19NO7/c1-2-3-6(14)11-10(18)9(17)8(16)7(15)5(13)4-12/h5,7-9,12-13,15-17H,2-4H2,1H3,(H,11,14,18)/t5-,7+,8+,9-/m1/s1. The van der Waals surface area contributed by atoms with Crippen LogP contribution in [-0.2, 0) is 9.59 Å². The third kappa shape index (κ3) is 5.07. The van der Waals surface area contributed by atoms with Gasteiger partial charge in [0.15, 0.2) is 6.10 Å². The van der Waals surface area contributed by atoms with Crippen molar-refractivity contribution in [2.45, 2.75) is 44.2 Å². The van der Waals surface area contributed by atoms with Crippen LogP contribution in [0.25, 0.3) is 0 Å². The summed E-state index contributed by atoms with van der Waals surface area (Å²) < 4.78 is 0. The molecule has 0 unspecified atom stereocenters. The molecular formula is C10H19NO7. The van der Waals surface area contributed by atoms with Crippen LogP contribution in [0.4, 0.5) is 0 Å². The summed E-state index contributed by atoms with van der Waals surface area (Å²) in [4.78, 5) is 22.4. The van der Waals surface area contributed by atoms with Gasteiger partial charge < -0.3 is 25.5 Å². The number of carbonyl (C=O) groups excluding carboxylic acids is 2. The maximum Gasteiger partial charge on any atom is 0.258 e. The molecule has 0 aliphatic rings. The Labute approximate surface area is 104 Å². The molecule has 18 heavy (non-hydrogen) atoms. The predicted molar refractivity (Wildman–Crippen MR) is 59.2 cm³/mol. The number of aliphatic hydroxyl groups excluding tert-OH is 5. The lowest BCUT2D eigenvalue weighted by molar-refractivity contribution is -0.151. The molecular weight excluding hydrogens is 246 g/mol. The van der Waals surface area contributed by atoms with Gasteiger partial charge in [-0.05, 0) is 6.42 Å². The van der Waals surface area contributed by atoms with Crippen LogP contribution < -0.4 is 5.32 Å². The van der Waals surface area contributed by atoms with E-state index in [1.165, 1.54) is 0 Å². The van der Waals surface area contributed by atoms with Gasteiger partial charge >= 0.3 is 0 Å². The van der Waals surface area contributed by atoms with Crippen molar-refractivity contribution in [3.8, 4) is 0 Å². The van der Waals surface area contributed by atoms with E-state index in [2.05, 4.69) is 0 Å². The molecule has 0 aromatic carbocycles. The number of amides is 2. The molecule has 0 fully saturated rings. The molecule has 0 saturated heterocycles. The first-order valence-corrected chi connectivity index (χ1v) is 5.51. The molecule has 0 aromatic heterocycles. The van der Waals surface area contributed by atoms with Gasteiger partial charge in [0.25, 0.3) is 5.91 Å². The first-order valence-electron chi connectivity index (χ1n) is 5.51. The lowest BCUT2D eigenvalue weighted by atomic mass is 10.0. The zero-order chi connectivity index (χ0) is 14.3. The Balaban J connectivity index is 4.40. The fourth-order valence-corrected chi connectivity index (χ4v) is 1.18. The summed E-state index contributed by atoms with van der Waals surface area (Å²) >= 11 is 0. The van der Waals surface area contributed by atoms with Crippen molar-refractivity contribution in [1.29, 1.82) is 0 Å². The number of carbonyl (C=O) groups is 2. The Morgan fingerprint density at radius 2 is 1.67 bits per heavy atom. The van der Waals surface area contributed by atoms with E-state index >= 15 is 0 Å². The highest BCUT2D eigenvalue weighted by Gasteiger charge is 2.34. The van der Waals surface area contributed by atoms with Crippen LogP contribution in [0.5, 0.6) is 0 Å². The Bertz CT molecular complexity index is 283. The molecule has 6 N–H and O–H groups in total. The average Bonchev–Trinajstić information content (AvgIpc) is 2.35. The van der Waals surface area contributed by atoms with E-state index in [1.54, 1.807) is 6.92 Å². The third-order valence-electron chi connectivity index (χ3n) is 2.26. The minimum Gasteiger partial charge on any atom is -0.394 e. The highest BCUT2D eigenvalue weighted by molar-refractivity contribution is 5.97. The van der Waals surface area contributed by atoms with Crippen LogP contribution in [0.2, 0.25) is 0 Å². The largest absolute Gasteiger partial charge is 0.394 e. The average molecular weight is 265 g/mol. The number of nitrogens with one attached hydrogen (secondary N) is 1. The quantitative estimate of drug-likeness (QED) is 0.285. The lowest BCUT2D eigenvalue weighted by Crippen LogP contribution is -2.52. The zero-order valence-corrected chi connectivity index (χ0v) is 9.98. The maximum absolute atomic E-state index is 11.3. The molecule has 0 radical (unpaired) electrons. The Hall–Kier alpha value is -1.06. The first kappa shape index (κ1) is 16.9. The van der Waals surface area contributed by atoms with Crippen LogP contribution in [0.15, 0.2) is 0 Å². The molecule has 0 bridgehead atoms. The van der Waals surface area contributed by atoms with E-state index in [1.807, 2.05) is 5.32 Å². The normalized spacial score (nSPS) is 17.7. The molecule has 0 rings (SSSR count). The second kappa shape index (κ2) is 8.11. The smallest absolute Gasteiger partial charge is 0.258 e. The van der Waals surface area contributed by atoms with Crippen LogP contribution in [0, 0.1) is 0 Å². The fourth-order valence-electron chi connectivity index (χ4n) is 1.18. The molecule has 0 aromatic rings. The Morgan fingerprint density at radius 1 is 1.11 bits per heavy atom. The summed E-state index contributed by atoms with van der Waals surface area (Å²) in [6.45, 7) is 0.873. The van der Waals surface area contributed by atoms with Crippen LogP contribution in [-0.4, -0.2) is 68.4 Å². The van der Waals surface area contributed by atoms with Gasteiger partial charge in [-0.2, -0.15) is 0 Å². The van der Waals surface area contributed by atoms with E-state index in [9.17, 15) is 24.9 Å². The van der Waals surface area contributed by atoms with E-state index in [4.69, 9.17) is 10.2 Å². The highest BCUT2D eigenvalue weighted by Crippen LogP contribution is 2.05. The molecule has 8 nitrogen and oxygen atoms in total. The molecule has 4 atom stereocenters. The maximum atomic E-state index is 11.3. The minimum absolute atomic E-state index is 0.0797. The van der Waals surface area contributed by atoms with E-state index in [0.29, 0.717) is 6.42 Å². The summed E-state index contributed by atoms with van der Waals surface area (Å²) in [5.74, 6) is -1.80. The van der Waals surface area contributed by atoms with Crippen molar-refractivity contribution < 1.29 is 35.1 Å². The lowest BCUT2D eigenvalue weighted by Gasteiger charge is -2.24. The van der Waals surface area contributed by atoms with Crippen LogP contribution >= 0.6 is 0 Å². The molecule has 0 aliphatic carbocycles. The third-order valence-corrected chi connectivity index (χ3v) is 2.26. The van der Waals surface area contributed by atoms with Crippen LogP contribution in [0.1, 0.15) is 19.8 Å². The van der Waals surface area contributed by atoms with Crippen molar-refractivity contribution in [3.63, 3.8) is 0 Å². The summed E-state index contributed by atoms with van der Waals surface area (Å²) in [6.07, 6.45) is -7.12. The molecule has 0 saturated carbocycles. The van der Waals surface area contributed by atoms with E-state index in [0.717, 1.165) is 0 Å². The molecule has 0 spiro atoms. The Kier molecular flexibility index (Phi) is 7.64. The van der Waals surface area contributed by atoms with Crippen molar-refractivity contribution >= 4 is 11.8 Å². The summed E-state index contributed by atoms with van der Waals surface area (Å²) in [5, 5.41) is 47.4. The van der Waals surface area contributed by atoms with Crippen molar-refractivity contribution in [3.05, 3.63) is 0 Å². The molecule has 0 aliphatic heterocycles. The predicted octanol–water partition coefficient (Wildman–Crippen LogP) is -3.13. The summed E-state index contributed by atoms with van der Waals surface area (Å²) in [5.41, 5.74) is 0. The van der Waals surface area contributed by atoms with Gasteiger partial charge in [0.2, 0.25) is 5.91 Å². The summed E-state index contributed by atoms with van der Waals surface area (Å²) in [6, 6.07) is 0. The van der Waals surface area contributed by atoms with Gasteiger partial charge in [-0.25, -0.2) is 0 Å². The molecule has 8 heteroatoms. The number of hydrogen-bond acceptors (Lipinski definition) is 7. The second-order valence-corrected chi connectivity index (χ2v) is 3.84. The van der Waals surface area contributed by atoms with Gasteiger partial charge in [-0.15, -0.1) is 0 Å². The number of hydrogen-bond donors (Lipinski definition) is 6. The van der Waals surface area contributed by atoms with Crippen molar-refractivity contribution in [1.82, 2.24) is 5.32 Å². The monoisotopic (exact) mass is 265 g/mol. The van der Waals surface area contributed by atoms with Gasteiger partial charge in [0, 0.05) is 6.42 Å². The zero-order valence-electron chi connectivity index (χ0n) is 9.98. The van der Waals surface area contributed by atoms with Crippen LogP contribution in [0.3, 0.4) is 0 Å². The fraction of sp³-hybridized carbons (Fsp3) is 0.800. The minimum atomic E-state index is -2.08. The van der Waals surface area contributed by atoms with Gasteiger partial charge in [-0.1, -0.05) is 6.92 Å². The van der Waals surface area contributed by atoms with E-state index < -0.39 is 42.8 Å². The molecule has 2 amide bonds. The highest BCUT2D eigenvalue weighted by atomic mass is 16.4. The van der Waals surface area contributed by atoms with Crippen molar-refractivity contribution in [2.24, 2.45) is 0 Å². The topological polar surface area (TPSA) is 147 Å². The molecule has 106 valence electrons. The van der Waals surface area contributed by atoms with Gasteiger partial charge in [-0.3, -0.25) is 14.9 Å². The second-order valence-electron chi connectivity index (χ2n) is 3.84. The van der Waals surface area contributed by atoms with Crippen molar-refractivity contribution in [2.75, 3.05) is 6.61 Å². The molecule has 0 heterocycles. The number of rotatable bonds is 7. The SMILES string of the molecule is CCCC(=O)NC(=O)[C@H](O)[C@@H](O)[C@@H](O)[C@H](O)CO. The number of imide groups is 1. The number of aliphatic hydroxyl groups is 5.